The highest BCUT2D eigenvalue weighted by molar-refractivity contribution is 7.99. The fraction of sp³-hybridized carbons (Fsp3) is 0.250. The number of rotatable bonds is 3. The molecule has 0 aliphatic rings. The third kappa shape index (κ3) is 1.73. The molecule has 0 unspecified atom stereocenters. The largest absolute Gasteiger partial charge is 0.479 e. The zero-order valence-electron chi connectivity index (χ0n) is 5.14. The average molecular weight is 195 g/mol. The molecular weight excluding hydrogens is 190 g/mol. The van der Waals surface area contributed by atoms with E-state index in [4.69, 9.17) is 10.8 Å². The molecule has 0 rings (SSSR count). The highest BCUT2D eigenvalue weighted by atomic mass is 32.1. The Balaban J connectivity index is 4.99. The monoisotopic (exact) mass is 195 g/mol. The van der Waals surface area contributed by atoms with Gasteiger partial charge in [0.25, 0.3) is 5.54 Å². The summed E-state index contributed by atoms with van der Waals surface area (Å²) in [5.74, 6) is -1.77. The van der Waals surface area contributed by atoms with Crippen LogP contribution in [0.1, 0.15) is 0 Å². The first-order valence-corrected chi connectivity index (χ1v) is 3.22. The SMILES string of the molecule is NC(C(=O)O)(C(=O)S)C(=O)S. The maximum Gasteiger partial charge on any atom is 0.341 e. The van der Waals surface area contributed by atoms with Crippen LogP contribution in [-0.4, -0.2) is 26.8 Å². The molecule has 0 radical (unpaired) electrons. The Labute approximate surface area is 72.8 Å². The van der Waals surface area contributed by atoms with Crippen molar-refractivity contribution in [2.24, 2.45) is 5.73 Å². The minimum absolute atomic E-state index is 1.25. The van der Waals surface area contributed by atoms with E-state index in [0.717, 1.165) is 0 Å². The summed E-state index contributed by atoms with van der Waals surface area (Å²) >= 11 is 6.29. The van der Waals surface area contributed by atoms with Gasteiger partial charge >= 0.3 is 5.97 Å². The van der Waals surface area contributed by atoms with Gasteiger partial charge in [0, 0.05) is 0 Å². The van der Waals surface area contributed by atoms with Gasteiger partial charge in [0.15, 0.2) is 0 Å². The number of hydrogen-bond acceptors (Lipinski definition) is 4. The second-order valence-electron chi connectivity index (χ2n) is 1.72. The van der Waals surface area contributed by atoms with Crippen LogP contribution < -0.4 is 5.73 Å². The van der Waals surface area contributed by atoms with Crippen LogP contribution in [-0.2, 0) is 14.4 Å². The molecule has 0 aliphatic heterocycles. The Bertz CT molecular complexity index is 190. The number of aliphatic carboxylic acids is 1. The summed E-state index contributed by atoms with van der Waals surface area (Å²) < 4.78 is 0. The third-order valence-corrected chi connectivity index (χ3v) is 1.72. The molecule has 0 fully saturated rings. The predicted octanol–water partition coefficient (Wildman–Crippen LogP) is -1.32. The molecule has 62 valence electrons. The second kappa shape index (κ2) is 3.24. The van der Waals surface area contributed by atoms with Gasteiger partial charge in [-0.15, -0.1) is 25.3 Å². The molecule has 3 N–H and O–H groups in total. The Morgan fingerprint density at radius 2 is 1.45 bits per heavy atom. The smallest absolute Gasteiger partial charge is 0.341 e. The number of carboxylic acid groups (broad SMARTS) is 1. The van der Waals surface area contributed by atoms with Gasteiger partial charge in [0.05, 0.1) is 0 Å². The molecule has 0 aliphatic carbocycles. The Hall–Kier alpha value is -0.530. The minimum Gasteiger partial charge on any atom is -0.479 e. The highest BCUT2D eigenvalue weighted by Crippen LogP contribution is 2.09. The van der Waals surface area contributed by atoms with Crippen LogP contribution in [0.3, 0.4) is 0 Å². The zero-order chi connectivity index (χ0) is 9.23. The van der Waals surface area contributed by atoms with E-state index in [9.17, 15) is 14.4 Å². The van der Waals surface area contributed by atoms with Crippen LogP contribution in [0.25, 0.3) is 0 Å². The molecule has 0 aromatic carbocycles. The Morgan fingerprint density at radius 1 is 1.18 bits per heavy atom. The number of thiol groups is 2. The summed E-state index contributed by atoms with van der Waals surface area (Å²) in [5, 5.41) is 5.82. The van der Waals surface area contributed by atoms with Crippen LogP contribution >= 0.6 is 25.3 Å². The van der Waals surface area contributed by atoms with Gasteiger partial charge in [0.1, 0.15) is 0 Å². The lowest BCUT2D eigenvalue weighted by molar-refractivity contribution is -0.148. The Morgan fingerprint density at radius 3 is 1.45 bits per heavy atom. The van der Waals surface area contributed by atoms with Gasteiger partial charge in [-0.25, -0.2) is 4.79 Å². The molecule has 0 aromatic rings. The molecule has 5 nitrogen and oxygen atoms in total. The van der Waals surface area contributed by atoms with Gasteiger partial charge in [-0.1, -0.05) is 0 Å². The first-order chi connectivity index (χ1) is 4.83. The van der Waals surface area contributed by atoms with Crippen molar-refractivity contribution < 1.29 is 19.5 Å². The molecule has 0 saturated heterocycles. The van der Waals surface area contributed by atoms with E-state index >= 15 is 0 Å². The highest BCUT2D eigenvalue weighted by Gasteiger charge is 2.46. The number of carboxylic acids is 1. The van der Waals surface area contributed by atoms with Crippen molar-refractivity contribution in [2.75, 3.05) is 0 Å². The summed E-state index contributed by atoms with van der Waals surface area (Å²) in [7, 11) is 0. The van der Waals surface area contributed by atoms with Gasteiger partial charge < -0.3 is 10.8 Å². The van der Waals surface area contributed by atoms with Crippen LogP contribution in [0.5, 0.6) is 0 Å². The number of carbonyl (C=O) groups is 3. The Kier molecular flexibility index (Phi) is 3.09. The van der Waals surface area contributed by atoms with Crippen molar-refractivity contribution in [3.8, 4) is 0 Å². The van der Waals surface area contributed by atoms with Gasteiger partial charge in [-0.05, 0) is 0 Å². The lowest BCUT2D eigenvalue weighted by Gasteiger charge is -2.14. The molecule has 0 bridgehead atoms. The van der Waals surface area contributed by atoms with E-state index in [1.807, 2.05) is 0 Å². The zero-order valence-corrected chi connectivity index (χ0v) is 6.93. The van der Waals surface area contributed by atoms with Gasteiger partial charge in [-0.3, -0.25) is 9.59 Å². The molecule has 7 heteroatoms. The summed E-state index contributed by atoms with van der Waals surface area (Å²) in [6.07, 6.45) is 0. The van der Waals surface area contributed by atoms with E-state index in [0.29, 0.717) is 0 Å². The van der Waals surface area contributed by atoms with Crippen molar-refractivity contribution >= 4 is 41.5 Å². The standard InChI is InChI=1S/C4H5NO4S2/c5-4(1(6)7,2(8)10)3(9)11/h5H2,(H,6,7)(H,8,10)(H,9,11). The van der Waals surface area contributed by atoms with Crippen molar-refractivity contribution in [3.05, 3.63) is 0 Å². The van der Waals surface area contributed by atoms with E-state index in [-0.39, 0.29) is 0 Å². The molecule has 0 saturated carbocycles. The molecule has 0 aromatic heterocycles. The maximum atomic E-state index is 10.4. The summed E-state index contributed by atoms with van der Waals surface area (Å²) in [4.78, 5) is 31.1. The van der Waals surface area contributed by atoms with Crippen molar-refractivity contribution in [3.63, 3.8) is 0 Å². The van der Waals surface area contributed by atoms with Crippen molar-refractivity contribution in [1.82, 2.24) is 0 Å². The number of hydrogen-bond donors (Lipinski definition) is 4. The quantitative estimate of drug-likeness (QED) is 0.331. The van der Waals surface area contributed by atoms with E-state index in [1.54, 1.807) is 0 Å². The lowest BCUT2D eigenvalue weighted by atomic mass is 10.1. The molecule has 11 heavy (non-hydrogen) atoms. The summed E-state index contributed by atoms with van der Waals surface area (Å²) in [6.45, 7) is 0. The molecule has 0 spiro atoms. The molecule has 0 atom stereocenters. The van der Waals surface area contributed by atoms with Crippen LogP contribution in [0.15, 0.2) is 0 Å². The van der Waals surface area contributed by atoms with Gasteiger partial charge in [0.2, 0.25) is 10.2 Å². The summed E-state index contributed by atoms with van der Waals surface area (Å²) in [5.41, 5.74) is 2.24. The maximum absolute atomic E-state index is 10.4. The first-order valence-electron chi connectivity index (χ1n) is 2.32. The number of carbonyl (C=O) groups excluding carboxylic acids is 2. The van der Waals surface area contributed by atoms with Crippen LogP contribution in [0.4, 0.5) is 0 Å². The predicted molar refractivity (Wildman–Crippen MR) is 42.5 cm³/mol. The fourth-order valence-corrected chi connectivity index (χ4v) is 0.757. The molecular formula is C4H5NO4S2. The molecule has 0 amide bonds. The number of nitrogens with two attached hydrogens (primary N) is 1. The minimum atomic E-state index is -2.63. The van der Waals surface area contributed by atoms with Crippen LogP contribution in [0, 0.1) is 0 Å². The summed E-state index contributed by atoms with van der Waals surface area (Å²) in [6, 6.07) is 0. The first kappa shape index (κ1) is 10.5. The van der Waals surface area contributed by atoms with E-state index in [1.165, 1.54) is 0 Å². The van der Waals surface area contributed by atoms with Gasteiger partial charge in [-0.2, -0.15) is 0 Å². The normalized spacial score (nSPS) is 10.8. The van der Waals surface area contributed by atoms with Crippen molar-refractivity contribution in [2.45, 2.75) is 5.54 Å². The van der Waals surface area contributed by atoms with E-state index < -0.39 is 21.7 Å². The average Bonchev–Trinajstić information content (AvgIpc) is 1.84. The molecule has 0 heterocycles. The fourth-order valence-electron chi connectivity index (χ4n) is 0.274. The lowest BCUT2D eigenvalue weighted by Crippen LogP contribution is -2.57. The van der Waals surface area contributed by atoms with Crippen LogP contribution in [0.2, 0.25) is 0 Å². The third-order valence-electron chi connectivity index (χ3n) is 1.01. The van der Waals surface area contributed by atoms with E-state index in [2.05, 4.69) is 25.3 Å². The topological polar surface area (TPSA) is 97.5 Å². The van der Waals surface area contributed by atoms with Crippen molar-refractivity contribution in [1.29, 1.82) is 0 Å². The second-order valence-corrected chi connectivity index (χ2v) is 2.54.